The summed E-state index contributed by atoms with van der Waals surface area (Å²) in [5.74, 6) is -0.308. The molecule has 0 aromatic carbocycles. The summed E-state index contributed by atoms with van der Waals surface area (Å²) in [5.41, 5.74) is -0.785. The molecule has 0 aromatic rings. The van der Waals surface area contributed by atoms with E-state index in [0.717, 1.165) is 25.7 Å². The first-order valence-electron chi connectivity index (χ1n) is 12.0. The summed E-state index contributed by atoms with van der Waals surface area (Å²) in [5, 5.41) is 0. The van der Waals surface area contributed by atoms with E-state index in [1.165, 1.54) is 20.8 Å². The van der Waals surface area contributed by atoms with Gasteiger partial charge in [-0.05, 0) is 68.6 Å². The lowest BCUT2D eigenvalue weighted by Crippen LogP contribution is -2.63. The highest BCUT2D eigenvalue weighted by Crippen LogP contribution is 2.66. The van der Waals surface area contributed by atoms with Crippen LogP contribution in [0.5, 0.6) is 0 Å². The zero-order valence-corrected chi connectivity index (χ0v) is 19.8. The number of hydrogen-bond donors (Lipinski definition) is 0. The molecular weight excluding hydrogens is 412 g/mol. The SMILES string of the molecule is CC(=O)O[C@@H]1CC[C@@]2(C)[C@@H](C1)C[C@@H](OC(C)=O)[C@@H]1[C@@H]2C[C@H](OC(C)=O)[C@]2(C)C(=O)CC[C@@H]12. The monoisotopic (exact) mass is 448 g/mol. The summed E-state index contributed by atoms with van der Waals surface area (Å²) in [6.45, 7) is 8.53. The van der Waals surface area contributed by atoms with Crippen LogP contribution >= 0.6 is 0 Å². The van der Waals surface area contributed by atoms with Gasteiger partial charge in [0.25, 0.3) is 0 Å². The minimum atomic E-state index is -0.733. The third-order valence-corrected chi connectivity index (χ3v) is 9.36. The van der Waals surface area contributed by atoms with Crippen LogP contribution < -0.4 is 0 Å². The van der Waals surface area contributed by atoms with Gasteiger partial charge in [-0.15, -0.1) is 0 Å². The molecule has 0 bridgehead atoms. The molecule has 4 fully saturated rings. The topological polar surface area (TPSA) is 96.0 Å². The molecule has 0 amide bonds. The van der Waals surface area contributed by atoms with E-state index in [1.807, 2.05) is 6.92 Å². The van der Waals surface area contributed by atoms with Crippen molar-refractivity contribution in [2.45, 2.75) is 97.9 Å². The number of hydrogen-bond acceptors (Lipinski definition) is 7. The van der Waals surface area contributed by atoms with E-state index in [0.29, 0.717) is 19.3 Å². The second kappa shape index (κ2) is 8.14. The summed E-state index contributed by atoms with van der Waals surface area (Å²) in [7, 11) is 0. The van der Waals surface area contributed by atoms with E-state index in [9.17, 15) is 19.2 Å². The van der Waals surface area contributed by atoms with Crippen LogP contribution in [0.2, 0.25) is 0 Å². The van der Waals surface area contributed by atoms with Crippen molar-refractivity contribution in [2.24, 2.45) is 34.5 Å². The van der Waals surface area contributed by atoms with Crippen molar-refractivity contribution >= 4 is 23.7 Å². The van der Waals surface area contributed by atoms with Crippen molar-refractivity contribution in [3.05, 3.63) is 0 Å². The Morgan fingerprint density at radius 1 is 0.844 bits per heavy atom. The van der Waals surface area contributed by atoms with Gasteiger partial charge in [-0.2, -0.15) is 0 Å². The lowest BCUT2D eigenvalue weighted by atomic mass is 9.44. The average Bonchev–Trinajstić information content (AvgIpc) is 2.98. The van der Waals surface area contributed by atoms with Gasteiger partial charge in [0.2, 0.25) is 0 Å². The lowest BCUT2D eigenvalue weighted by molar-refractivity contribution is -0.215. The molecule has 0 unspecified atom stereocenters. The van der Waals surface area contributed by atoms with Crippen LogP contribution in [0.25, 0.3) is 0 Å². The third kappa shape index (κ3) is 3.65. The number of Topliss-reactive ketones (excluding diaryl/α,β-unsaturated/α-hetero) is 1. The van der Waals surface area contributed by atoms with Gasteiger partial charge >= 0.3 is 17.9 Å². The maximum Gasteiger partial charge on any atom is 0.302 e. The van der Waals surface area contributed by atoms with E-state index < -0.39 is 11.5 Å². The molecule has 4 rings (SSSR count). The lowest BCUT2D eigenvalue weighted by Gasteiger charge is -2.62. The number of esters is 3. The fraction of sp³-hybridized carbons (Fsp3) is 0.840. The molecule has 0 saturated heterocycles. The van der Waals surface area contributed by atoms with E-state index in [4.69, 9.17) is 14.2 Å². The molecule has 7 heteroatoms. The molecular formula is C25H36O7. The summed E-state index contributed by atoms with van der Waals surface area (Å²) in [6.07, 6.45) is 4.12. The molecule has 178 valence electrons. The highest BCUT2D eigenvalue weighted by atomic mass is 16.6. The van der Waals surface area contributed by atoms with E-state index in [2.05, 4.69) is 6.92 Å². The third-order valence-electron chi connectivity index (χ3n) is 9.36. The molecule has 9 atom stereocenters. The van der Waals surface area contributed by atoms with Gasteiger partial charge in [0.15, 0.2) is 0 Å². The van der Waals surface area contributed by atoms with Gasteiger partial charge in [0.05, 0.1) is 5.41 Å². The molecule has 7 nitrogen and oxygen atoms in total. The van der Waals surface area contributed by atoms with E-state index in [1.54, 1.807) is 0 Å². The Kier molecular flexibility index (Phi) is 5.91. The fourth-order valence-electron chi connectivity index (χ4n) is 7.94. The first-order valence-corrected chi connectivity index (χ1v) is 12.0. The van der Waals surface area contributed by atoms with Crippen molar-refractivity contribution in [2.75, 3.05) is 0 Å². The minimum absolute atomic E-state index is 0.0198. The Labute approximate surface area is 189 Å². The van der Waals surface area contributed by atoms with Crippen LogP contribution in [0, 0.1) is 34.5 Å². The molecule has 0 aromatic heterocycles. The Bertz CT molecular complexity index is 821. The quantitative estimate of drug-likeness (QED) is 0.481. The number of fused-ring (bicyclic) bond motifs is 5. The first-order chi connectivity index (χ1) is 15.0. The second-order valence-corrected chi connectivity index (χ2v) is 11.0. The highest BCUT2D eigenvalue weighted by Gasteiger charge is 2.67. The fourth-order valence-corrected chi connectivity index (χ4v) is 7.94. The molecule has 0 radical (unpaired) electrons. The number of carbonyl (C=O) groups excluding carboxylic acids is 4. The van der Waals surface area contributed by atoms with Crippen molar-refractivity contribution in [3.63, 3.8) is 0 Å². The molecule has 0 heterocycles. The maximum absolute atomic E-state index is 13.1. The summed E-state index contributed by atoms with van der Waals surface area (Å²) in [4.78, 5) is 48.7. The number of ether oxygens (including phenoxy) is 3. The van der Waals surface area contributed by atoms with Crippen LogP contribution in [0.1, 0.15) is 79.6 Å². The van der Waals surface area contributed by atoms with Crippen molar-refractivity contribution in [1.82, 2.24) is 0 Å². The zero-order chi connectivity index (χ0) is 23.4. The van der Waals surface area contributed by atoms with Crippen LogP contribution in [-0.2, 0) is 33.4 Å². The number of carbonyl (C=O) groups is 4. The molecule has 4 aliphatic carbocycles. The van der Waals surface area contributed by atoms with Gasteiger partial charge in [-0.1, -0.05) is 6.92 Å². The Balaban J connectivity index is 1.72. The average molecular weight is 449 g/mol. The predicted molar refractivity (Wildman–Crippen MR) is 114 cm³/mol. The smallest absolute Gasteiger partial charge is 0.302 e. The number of ketones is 1. The largest absolute Gasteiger partial charge is 0.463 e. The number of rotatable bonds is 3. The van der Waals surface area contributed by atoms with Crippen LogP contribution in [-0.4, -0.2) is 42.0 Å². The van der Waals surface area contributed by atoms with Gasteiger partial charge in [0, 0.05) is 33.1 Å². The Morgan fingerprint density at radius 3 is 2.12 bits per heavy atom. The predicted octanol–water partition coefficient (Wildman–Crippen LogP) is 3.61. The normalized spacial score (nSPS) is 45.2. The Morgan fingerprint density at radius 2 is 1.50 bits per heavy atom. The minimum Gasteiger partial charge on any atom is -0.463 e. The molecule has 4 saturated carbocycles. The molecule has 32 heavy (non-hydrogen) atoms. The second-order valence-electron chi connectivity index (χ2n) is 11.0. The van der Waals surface area contributed by atoms with Crippen molar-refractivity contribution < 1.29 is 33.4 Å². The van der Waals surface area contributed by atoms with Gasteiger partial charge in [-0.3, -0.25) is 19.2 Å². The van der Waals surface area contributed by atoms with Crippen LogP contribution in [0.15, 0.2) is 0 Å². The Hall–Kier alpha value is -1.92. The molecule has 0 aliphatic heterocycles. The van der Waals surface area contributed by atoms with Crippen LogP contribution in [0.4, 0.5) is 0 Å². The van der Waals surface area contributed by atoms with Gasteiger partial charge in [0.1, 0.15) is 24.1 Å². The molecule has 0 spiro atoms. The van der Waals surface area contributed by atoms with E-state index >= 15 is 0 Å². The highest BCUT2D eigenvalue weighted by molar-refractivity contribution is 5.88. The maximum atomic E-state index is 13.1. The first kappa shape index (κ1) is 23.2. The molecule has 4 aliphatic rings. The van der Waals surface area contributed by atoms with Crippen molar-refractivity contribution in [1.29, 1.82) is 0 Å². The van der Waals surface area contributed by atoms with E-state index in [-0.39, 0.29) is 65.0 Å². The van der Waals surface area contributed by atoms with Crippen LogP contribution in [0.3, 0.4) is 0 Å². The zero-order valence-electron chi connectivity index (χ0n) is 19.8. The summed E-state index contributed by atoms with van der Waals surface area (Å²) < 4.78 is 17.3. The summed E-state index contributed by atoms with van der Waals surface area (Å²) >= 11 is 0. The standard InChI is InChI=1S/C25H36O7/c1-13(26)30-17-8-9-24(4)16(10-17)11-20(31-14(2)27)23-18-6-7-21(29)25(18,5)22(12-19(23)24)32-15(3)28/h16-20,22-23H,6-12H2,1-5H3/t16-,17+,18-,19-,20+,22-,23-,24-,25-/m0/s1. The van der Waals surface area contributed by atoms with Crippen molar-refractivity contribution in [3.8, 4) is 0 Å². The van der Waals surface area contributed by atoms with Gasteiger partial charge < -0.3 is 14.2 Å². The molecule has 0 N–H and O–H groups in total. The van der Waals surface area contributed by atoms with Gasteiger partial charge in [-0.25, -0.2) is 0 Å². The summed E-state index contributed by atoms with van der Waals surface area (Å²) in [6, 6.07) is 0.